The summed E-state index contributed by atoms with van der Waals surface area (Å²) in [7, 11) is -2.04. The minimum absolute atomic E-state index is 0.0132. The van der Waals surface area contributed by atoms with Gasteiger partial charge in [0.15, 0.2) is 5.82 Å². The molecule has 2 aromatic heterocycles. The number of carbonyl (C=O) groups is 4. The second-order valence-corrected chi connectivity index (χ2v) is 10.4. The van der Waals surface area contributed by atoms with Crippen LogP contribution in [0.2, 0.25) is 0 Å². The fourth-order valence-corrected chi connectivity index (χ4v) is 4.40. The second kappa shape index (κ2) is 12.9. The van der Waals surface area contributed by atoms with Gasteiger partial charge in [-0.3, -0.25) is 19.4 Å². The van der Waals surface area contributed by atoms with Crippen LogP contribution in [0.15, 0.2) is 55.0 Å². The number of phosphoric ester groups is 1. The van der Waals surface area contributed by atoms with Crippen LogP contribution in [0, 0.1) is 13.8 Å². The van der Waals surface area contributed by atoms with E-state index >= 15 is 0 Å². The highest BCUT2D eigenvalue weighted by Gasteiger charge is 2.26. The summed E-state index contributed by atoms with van der Waals surface area (Å²) in [6.07, 6.45) is 1.61. The Morgan fingerprint density at radius 3 is 2.36 bits per heavy atom. The maximum atomic E-state index is 13.2. The van der Waals surface area contributed by atoms with Gasteiger partial charge in [0.05, 0.1) is 11.1 Å². The molecule has 2 aromatic carbocycles. The molecule has 0 bridgehead atoms. The van der Waals surface area contributed by atoms with Gasteiger partial charge in [-0.25, -0.2) is 28.6 Å². The SMILES string of the molecule is CNC(=O)c1ccc(C)c(Nc2ncnn3cc(C(=O)N(C)C(=O)OCOC(=O)c4ccc(OP(=O)(O)O)cc4)c(C)c23)c1. The number of hydrogen-bond acceptors (Lipinski definition) is 11. The quantitative estimate of drug-likeness (QED) is 0.120. The van der Waals surface area contributed by atoms with E-state index in [1.807, 2.05) is 6.92 Å². The number of imide groups is 1. The van der Waals surface area contributed by atoms with Gasteiger partial charge in [0.25, 0.3) is 11.8 Å². The second-order valence-electron chi connectivity index (χ2n) is 9.23. The molecule has 44 heavy (non-hydrogen) atoms. The van der Waals surface area contributed by atoms with Gasteiger partial charge in [-0.05, 0) is 61.4 Å². The predicted molar refractivity (Wildman–Crippen MR) is 154 cm³/mol. The fraction of sp³-hybridized carbons (Fsp3) is 0.185. The lowest BCUT2D eigenvalue weighted by molar-refractivity contribution is -0.00900. The van der Waals surface area contributed by atoms with Crippen molar-refractivity contribution in [2.45, 2.75) is 13.8 Å². The number of ether oxygens (including phenoxy) is 2. The zero-order valence-electron chi connectivity index (χ0n) is 23.8. The van der Waals surface area contributed by atoms with Crippen LogP contribution in [0.3, 0.4) is 0 Å². The van der Waals surface area contributed by atoms with Crippen LogP contribution >= 0.6 is 7.82 Å². The number of aromatic nitrogens is 3. The first-order valence-corrected chi connectivity index (χ1v) is 14.2. The first-order chi connectivity index (χ1) is 20.8. The molecule has 0 aliphatic heterocycles. The Bertz CT molecular complexity index is 1800. The Hall–Kier alpha value is -5.31. The van der Waals surface area contributed by atoms with Crippen LogP contribution < -0.4 is 15.2 Å². The maximum Gasteiger partial charge on any atom is 0.524 e. The molecule has 3 amide bonds. The normalized spacial score (nSPS) is 11.0. The summed E-state index contributed by atoms with van der Waals surface area (Å²) in [5.41, 5.74) is 2.90. The van der Waals surface area contributed by atoms with Gasteiger partial charge < -0.3 is 24.6 Å². The summed E-state index contributed by atoms with van der Waals surface area (Å²) in [4.78, 5) is 72.8. The lowest BCUT2D eigenvalue weighted by atomic mass is 10.1. The molecular weight excluding hydrogens is 599 g/mol. The van der Waals surface area contributed by atoms with E-state index in [1.54, 1.807) is 25.1 Å². The smallest absolute Gasteiger partial charge is 0.424 e. The van der Waals surface area contributed by atoms with E-state index in [1.165, 1.54) is 43.3 Å². The van der Waals surface area contributed by atoms with Crippen LogP contribution in [0.5, 0.6) is 5.75 Å². The number of nitrogens with zero attached hydrogens (tertiary/aromatic N) is 4. The zero-order valence-corrected chi connectivity index (χ0v) is 24.7. The number of hydrogen-bond donors (Lipinski definition) is 4. The number of nitrogens with one attached hydrogen (secondary N) is 2. The molecule has 4 aromatic rings. The molecule has 4 rings (SSSR count). The van der Waals surface area contributed by atoms with E-state index in [0.717, 1.165) is 17.7 Å². The van der Waals surface area contributed by atoms with Gasteiger partial charge in [-0.15, -0.1) is 0 Å². The largest absolute Gasteiger partial charge is 0.524 e. The van der Waals surface area contributed by atoms with Crippen molar-refractivity contribution < 1.29 is 47.5 Å². The summed E-state index contributed by atoms with van der Waals surface area (Å²) in [5.74, 6) is -1.71. The van der Waals surface area contributed by atoms with Crippen LogP contribution in [-0.4, -0.2) is 74.0 Å². The number of aryl methyl sites for hydroxylation is 2. The van der Waals surface area contributed by atoms with Crippen molar-refractivity contribution in [2.24, 2.45) is 0 Å². The molecule has 0 atom stereocenters. The van der Waals surface area contributed by atoms with Crippen molar-refractivity contribution in [1.82, 2.24) is 24.8 Å². The Morgan fingerprint density at radius 2 is 1.70 bits per heavy atom. The third-order valence-corrected chi connectivity index (χ3v) is 6.75. The van der Waals surface area contributed by atoms with Crippen LogP contribution in [-0.2, 0) is 14.0 Å². The Labute approximate surface area is 249 Å². The maximum absolute atomic E-state index is 13.2. The number of carbonyl (C=O) groups excluding carboxylic acids is 4. The molecule has 0 saturated heterocycles. The fourth-order valence-electron chi connectivity index (χ4n) is 4.00. The lowest BCUT2D eigenvalue weighted by Gasteiger charge is -2.15. The van der Waals surface area contributed by atoms with Gasteiger partial charge >= 0.3 is 19.9 Å². The standard InChI is InChI=1S/C27H27N6O10P/c1-15-5-6-18(24(34)28-3)11-21(15)31-23-22-16(2)20(12-33(22)30-13-29-23)25(35)32(4)27(37)42-14-41-26(36)17-7-9-19(10-8-17)43-44(38,39)40/h5-13H,14H2,1-4H3,(H,28,34)(H,29,30,31)(H2,38,39,40). The van der Waals surface area contributed by atoms with E-state index in [-0.39, 0.29) is 22.8 Å². The number of rotatable bonds is 9. The molecule has 0 unspecified atom stereocenters. The molecule has 230 valence electrons. The molecule has 0 saturated carbocycles. The molecule has 0 spiro atoms. The highest BCUT2D eigenvalue weighted by Crippen LogP contribution is 2.37. The summed E-state index contributed by atoms with van der Waals surface area (Å²) in [5, 5.41) is 9.92. The molecule has 4 N–H and O–H groups in total. The number of anilines is 2. The van der Waals surface area contributed by atoms with Crippen LogP contribution in [0.25, 0.3) is 5.52 Å². The number of esters is 1. The molecule has 0 aliphatic rings. The van der Waals surface area contributed by atoms with Crippen LogP contribution in [0.1, 0.15) is 42.2 Å². The highest BCUT2D eigenvalue weighted by molar-refractivity contribution is 7.46. The molecule has 0 aliphatic carbocycles. The monoisotopic (exact) mass is 626 g/mol. The van der Waals surface area contributed by atoms with Crippen molar-refractivity contribution in [3.05, 3.63) is 82.8 Å². The minimum Gasteiger partial charge on any atom is -0.424 e. The summed E-state index contributed by atoms with van der Waals surface area (Å²) >= 11 is 0. The number of amides is 3. The summed E-state index contributed by atoms with van der Waals surface area (Å²) in [6.45, 7) is 2.69. The van der Waals surface area contributed by atoms with E-state index in [4.69, 9.17) is 19.3 Å². The third-order valence-electron chi connectivity index (χ3n) is 6.30. The Kier molecular flexibility index (Phi) is 9.28. The van der Waals surface area contributed by atoms with Crippen molar-refractivity contribution in [2.75, 3.05) is 26.2 Å². The first-order valence-electron chi connectivity index (χ1n) is 12.7. The zero-order chi connectivity index (χ0) is 32.2. The number of phosphoric acid groups is 1. The molecule has 16 nitrogen and oxygen atoms in total. The van der Waals surface area contributed by atoms with E-state index in [0.29, 0.717) is 33.0 Å². The van der Waals surface area contributed by atoms with Crippen LogP contribution in [0.4, 0.5) is 16.3 Å². The van der Waals surface area contributed by atoms with Crippen molar-refractivity contribution in [1.29, 1.82) is 0 Å². The van der Waals surface area contributed by atoms with Crippen molar-refractivity contribution in [3.63, 3.8) is 0 Å². The van der Waals surface area contributed by atoms with Gasteiger partial charge in [-0.1, -0.05) is 6.07 Å². The topological polar surface area (TPSA) is 211 Å². The molecular formula is C27H27N6O10P. The van der Waals surface area contributed by atoms with E-state index in [2.05, 4.69) is 25.2 Å². The van der Waals surface area contributed by atoms with Crippen molar-refractivity contribution >= 4 is 48.7 Å². The average molecular weight is 627 g/mol. The third kappa shape index (κ3) is 7.18. The average Bonchev–Trinajstić information content (AvgIpc) is 3.33. The molecule has 2 heterocycles. The molecule has 0 fully saturated rings. The summed E-state index contributed by atoms with van der Waals surface area (Å²) in [6, 6.07) is 9.82. The lowest BCUT2D eigenvalue weighted by Crippen LogP contribution is -2.34. The van der Waals surface area contributed by atoms with E-state index in [9.17, 15) is 23.7 Å². The predicted octanol–water partition coefficient (Wildman–Crippen LogP) is 2.94. The van der Waals surface area contributed by atoms with Gasteiger partial charge in [0, 0.05) is 31.5 Å². The molecule has 17 heteroatoms. The number of fused-ring (bicyclic) bond motifs is 1. The van der Waals surface area contributed by atoms with Gasteiger partial charge in [0.1, 0.15) is 17.6 Å². The number of benzene rings is 2. The minimum atomic E-state index is -4.76. The van der Waals surface area contributed by atoms with E-state index < -0.39 is 32.6 Å². The van der Waals surface area contributed by atoms with Gasteiger partial charge in [-0.2, -0.15) is 5.10 Å². The van der Waals surface area contributed by atoms with Crippen molar-refractivity contribution in [3.8, 4) is 5.75 Å². The first kappa shape index (κ1) is 31.6. The highest BCUT2D eigenvalue weighted by atomic mass is 31.2. The Balaban J connectivity index is 1.43. The molecule has 0 radical (unpaired) electrons. The van der Waals surface area contributed by atoms with Gasteiger partial charge in [0.2, 0.25) is 6.79 Å². The Morgan fingerprint density at radius 1 is 1.02 bits per heavy atom. The summed E-state index contributed by atoms with van der Waals surface area (Å²) < 4.78 is 26.5.